The standard InChI is InChI=1S/C27H27N3O4S/c1-19-24(26(32)34-17-20-8-4-2-5-9-20)25(21-10-6-3-7-11-21)30-22(18-35-27(30)28-19)16-23(31)29-12-14-33-15-13-29/h2-11,18,25H,12-17H2,1H3. The first-order valence-electron chi connectivity index (χ1n) is 11.7. The fourth-order valence-corrected chi connectivity index (χ4v) is 5.43. The Balaban J connectivity index is 1.43. The number of thioether (sulfide) groups is 1. The number of carbonyl (C=O) groups excluding carboxylic acids is 2. The van der Waals surface area contributed by atoms with Crippen LogP contribution in [-0.4, -0.2) is 53.1 Å². The van der Waals surface area contributed by atoms with E-state index in [0.717, 1.165) is 22.0 Å². The molecule has 3 aliphatic rings. The Kier molecular flexibility index (Phi) is 7.01. The Bertz CT molecular complexity index is 1190. The number of nitrogens with zero attached hydrogens (tertiary/aromatic N) is 3. The van der Waals surface area contributed by atoms with Crippen LogP contribution in [0.5, 0.6) is 0 Å². The summed E-state index contributed by atoms with van der Waals surface area (Å²) < 4.78 is 11.1. The molecule has 8 heteroatoms. The molecule has 0 N–H and O–H groups in total. The first-order valence-corrected chi connectivity index (χ1v) is 12.6. The molecule has 35 heavy (non-hydrogen) atoms. The normalized spacial score (nSPS) is 19.7. The summed E-state index contributed by atoms with van der Waals surface area (Å²) in [5.41, 5.74) is 3.81. The number of aliphatic imine (C=N–C) groups is 1. The number of rotatable bonds is 6. The minimum absolute atomic E-state index is 0.0488. The molecular formula is C27H27N3O4S. The van der Waals surface area contributed by atoms with Gasteiger partial charge in [-0.15, -0.1) is 0 Å². The smallest absolute Gasteiger partial charge is 0.338 e. The molecule has 1 saturated heterocycles. The second-order valence-corrected chi connectivity index (χ2v) is 9.37. The molecule has 0 spiro atoms. The summed E-state index contributed by atoms with van der Waals surface area (Å²) in [5.74, 6) is -0.355. The second-order valence-electron chi connectivity index (χ2n) is 8.54. The first-order chi connectivity index (χ1) is 17.1. The van der Waals surface area contributed by atoms with Crippen LogP contribution < -0.4 is 0 Å². The van der Waals surface area contributed by atoms with E-state index in [4.69, 9.17) is 14.5 Å². The summed E-state index contributed by atoms with van der Waals surface area (Å²) in [6, 6.07) is 19.0. The van der Waals surface area contributed by atoms with Crippen LogP contribution in [0.2, 0.25) is 0 Å². The predicted molar refractivity (Wildman–Crippen MR) is 135 cm³/mol. The molecule has 5 rings (SSSR count). The lowest BCUT2D eigenvalue weighted by molar-refractivity contribution is -0.141. The molecule has 1 atom stereocenters. The zero-order valence-corrected chi connectivity index (χ0v) is 20.4. The van der Waals surface area contributed by atoms with Crippen molar-refractivity contribution in [3.05, 3.63) is 94.2 Å². The van der Waals surface area contributed by atoms with E-state index in [1.165, 1.54) is 11.8 Å². The van der Waals surface area contributed by atoms with Gasteiger partial charge in [0.15, 0.2) is 5.17 Å². The molecule has 0 radical (unpaired) electrons. The number of carbonyl (C=O) groups is 2. The van der Waals surface area contributed by atoms with Crippen molar-refractivity contribution in [1.29, 1.82) is 0 Å². The maximum absolute atomic E-state index is 13.4. The molecule has 2 aromatic carbocycles. The lowest BCUT2D eigenvalue weighted by Gasteiger charge is -2.37. The van der Waals surface area contributed by atoms with E-state index in [2.05, 4.69) is 0 Å². The maximum Gasteiger partial charge on any atom is 0.338 e. The van der Waals surface area contributed by atoms with E-state index in [1.807, 2.05) is 82.8 Å². The van der Waals surface area contributed by atoms with Gasteiger partial charge in [0.25, 0.3) is 0 Å². The maximum atomic E-state index is 13.4. The molecule has 7 nitrogen and oxygen atoms in total. The number of allylic oxidation sites excluding steroid dienone is 1. The van der Waals surface area contributed by atoms with Gasteiger partial charge in [0, 0.05) is 18.8 Å². The monoisotopic (exact) mass is 489 g/mol. The average molecular weight is 490 g/mol. The molecule has 1 fully saturated rings. The second kappa shape index (κ2) is 10.5. The Morgan fingerprint density at radius 1 is 1.06 bits per heavy atom. The van der Waals surface area contributed by atoms with Gasteiger partial charge in [-0.3, -0.25) is 4.79 Å². The molecule has 0 bridgehead atoms. The van der Waals surface area contributed by atoms with Gasteiger partial charge in [0.05, 0.1) is 36.9 Å². The fourth-order valence-electron chi connectivity index (χ4n) is 4.46. The van der Waals surface area contributed by atoms with Crippen LogP contribution >= 0.6 is 11.8 Å². The van der Waals surface area contributed by atoms with Gasteiger partial charge in [-0.1, -0.05) is 72.4 Å². The lowest BCUT2D eigenvalue weighted by atomic mass is 9.94. The number of fused-ring (bicyclic) bond motifs is 1. The largest absolute Gasteiger partial charge is 0.457 e. The van der Waals surface area contributed by atoms with Crippen molar-refractivity contribution in [2.24, 2.45) is 4.99 Å². The number of hydrogen-bond acceptors (Lipinski definition) is 7. The number of hydrogen-bond donors (Lipinski definition) is 0. The lowest BCUT2D eigenvalue weighted by Crippen LogP contribution is -2.42. The summed E-state index contributed by atoms with van der Waals surface area (Å²) in [4.78, 5) is 35.1. The quantitative estimate of drug-likeness (QED) is 0.565. The van der Waals surface area contributed by atoms with E-state index >= 15 is 0 Å². The van der Waals surface area contributed by atoms with Crippen molar-refractivity contribution in [3.63, 3.8) is 0 Å². The Morgan fingerprint density at radius 2 is 1.74 bits per heavy atom. The minimum atomic E-state index is -0.425. The topological polar surface area (TPSA) is 71.4 Å². The van der Waals surface area contributed by atoms with Crippen LogP contribution in [0.15, 0.2) is 88.0 Å². The van der Waals surface area contributed by atoms with Crippen molar-refractivity contribution in [1.82, 2.24) is 9.80 Å². The highest BCUT2D eigenvalue weighted by molar-refractivity contribution is 8.16. The molecule has 3 aliphatic heterocycles. The number of amides is 1. The molecule has 180 valence electrons. The van der Waals surface area contributed by atoms with E-state index in [0.29, 0.717) is 37.6 Å². The van der Waals surface area contributed by atoms with Crippen LogP contribution in [0.1, 0.15) is 30.5 Å². The van der Waals surface area contributed by atoms with Gasteiger partial charge in [0.2, 0.25) is 5.91 Å². The third-order valence-electron chi connectivity index (χ3n) is 6.24. The van der Waals surface area contributed by atoms with Crippen molar-refractivity contribution >= 4 is 28.8 Å². The third-order valence-corrected chi connectivity index (χ3v) is 7.13. The van der Waals surface area contributed by atoms with E-state index < -0.39 is 12.0 Å². The summed E-state index contributed by atoms with van der Waals surface area (Å²) in [6.07, 6.45) is 0.237. The summed E-state index contributed by atoms with van der Waals surface area (Å²) in [5, 5.41) is 2.74. The highest BCUT2D eigenvalue weighted by Gasteiger charge is 2.41. The summed E-state index contributed by atoms with van der Waals surface area (Å²) in [6.45, 7) is 4.33. The van der Waals surface area contributed by atoms with Crippen LogP contribution in [0.4, 0.5) is 0 Å². The van der Waals surface area contributed by atoms with E-state index in [-0.39, 0.29) is 18.9 Å². The SMILES string of the molecule is CC1=C(C(=O)OCc2ccccc2)C(c2ccccc2)N2C(CC(=O)N3CCOCC3)=CSC2=N1. The Morgan fingerprint density at radius 3 is 2.46 bits per heavy atom. The summed E-state index contributed by atoms with van der Waals surface area (Å²) in [7, 11) is 0. The van der Waals surface area contributed by atoms with Crippen molar-refractivity contribution in [3.8, 4) is 0 Å². The highest BCUT2D eigenvalue weighted by atomic mass is 32.2. The molecule has 1 unspecified atom stereocenters. The molecule has 0 saturated carbocycles. The number of ether oxygens (including phenoxy) is 2. The highest BCUT2D eigenvalue weighted by Crippen LogP contribution is 2.45. The third kappa shape index (κ3) is 5.04. The van der Waals surface area contributed by atoms with Crippen molar-refractivity contribution in [2.45, 2.75) is 26.0 Å². The zero-order chi connectivity index (χ0) is 24.2. The fraction of sp³-hybridized carbons (Fsp3) is 0.296. The van der Waals surface area contributed by atoms with Crippen molar-refractivity contribution < 1.29 is 19.1 Å². The molecule has 0 aromatic heterocycles. The number of esters is 1. The molecule has 3 heterocycles. The first kappa shape index (κ1) is 23.4. The van der Waals surface area contributed by atoms with Gasteiger partial charge in [-0.05, 0) is 23.5 Å². The Hall–Kier alpha value is -3.36. The van der Waals surface area contributed by atoms with Crippen LogP contribution in [0.25, 0.3) is 0 Å². The van der Waals surface area contributed by atoms with Gasteiger partial charge < -0.3 is 19.3 Å². The van der Waals surface area contributed by atoms with Gasteiger partial charge in [-0.2, -0.15) is 0 Å². The number of benzene rings is 2. The van der Waals surface area contributed by atoms with Gasteiger partial charge in [0.1, 0.15) is 6.61 Å². The van der Waals surface area contributed by atoms with Gasteiger partial charge in [-0.25, -0.2) is 9.79 Å². The van der Waals surface area contributed by atoms with Crippen LogP contribution in [0.3, 0.4) is 0 Å². The number of morpholine rings is 1. The molecule has 2 aromatic rings. The van der Waals surface area contributed by atoms with Crippen LogP contribution in [-0.2, 0) is 25.7 Å². The van der Waals surface area contributed by atoms with E-state index in [1.54, 1.807) is 0 Å². The average Bonchev–Trinajstić information content (AvgIpc) is 3.29. The predicted octanol–water partition coefficient (Wildman–Crippen LogP) is 4.25. The molecule has 0 aliphatic carbocycles. The minimum Gasteiger partial charge on any atom is -0.457 e. The number of amidine groups is 1. The van der Waals surface area contributed by atoms with Gasteiger partial charge >= 0.3 is 5.97 Å². The zero-order valence-electron chi connectivity index (χ0n) is 19.6. The molecular weight excluding hydrogens is 462 g/mol. The van der Waals surface area contributed by atoms with Crippen LogP contribution in [0, 0.1) is 0 Å². The Labute approximate surface area is 209 Å². The van der Waals surface area contributed by atoms with E-state index in [9.17, 15) is 9.59 Å². The molecule has 1 amide bonds. The summed E-state index contributed by atoms with van der Waals surface area (Å²) >= 11 is 1.48. The van der Waals surface area contributed by atoms with Crippen molar-refractivity contribution in [2.75, 3.05) is 26.3 Å².